The molecular formula is C22H22N4O3S. The lowest BCUT2D eigenvalue weighted by molar-refractivity contribution is 0.0936. The van der Waals surface area contributed by atoms with Gasteiger partial charge < -0.3 is 0 Å². The number of carbonyl (C=O) groups is 1. The molecule has 7 nitrogen and oxygen atoms in total. The highest BCUT2D eigenvalue weighted by Gasteiger charge is 2.45. The van der Waals surface area contributed by atoms with Gasteiger partial charge in [-0.1, -0.05) is 19.1 Å². The van der Waals surface area contributed by atoms with E-state index in [1.807, 2.05) is 31.5 Å². The Morgan fingerprint density at radius 1 is 1.30 bits per heavy atom. The van der Waals surface area contributed by atoms with Crippen LogP contribution in [-0.4, -0.2) is 40.5 Å². The Kier molecular flexibility index (Phi) is 4.74. The van der Waals surface area contributed by atoms with Crippen LogP contribution in [0.5, 0.6) is 0 Å². The van der Waals surface area contributed by atoms with Crippen LogP contribution in [0.4, 0.5) is 0 Å². The molecule has 0 spiro atoms. The molecule has 0 amide bonds. The minimum absolute atomic E-state index is 0.0434. The highest BCUT2D eigenvalue weighted by atomic mass is 32.2. The van der Waals surface area contributed by atoms with E-state index in [-0.39, 0.29) is 29.8 Å². The van der Waals surface area contributed by atoms with E-state index in [1.165, 1.54) is 6.20 Å². The molecule has 8 heteroatoms. The van der Waals surface area contributed by atoms with Crippen molar-refractivity contribution < 1.29 is 13.2 Å². The molecule has 3 heterocycles. The molecular weight excluding hydrogens is 400 g/mol. The Morgan fingerprint density at radius 2 is 2.03 bits per heavy atom. The van der Waals surface area contributed by atoms with Gasteiger partial charge in [-0.15, -0.1) is 0 Å². The minimum atomic E-state index is -3.01. The van der Waals surface area contributed by atoms with E-state index in [4.69, 9.17) is 5.10 Å². The molecule has 1 aromatic carbocycles. The van der Waals surface area contributed by atoms with Crippen molar-refractivity contribution >= 4 is 26.7 Å². The van der Waals surface area contributed by atoms with E-state index in [9.17, 15) is 18.5 Å². The summed E-state index contributed by atoms with van der Waals surface area (Å²) in [6, 6.07) is 11.1. The Bertz CT molecular complexity index is 1300. The molecule has 0 aliphatic carbocycles. The van der Waals surface area contributed by atoms with Crippen molar-refractivity contribution in [2.45, 2.75) is 33.2 Å². The summed E-state index contributed by atoms with van der Waals surface area (Å²) in [6.45, 7) is 5.82. The van der Waals surface area contributed by atoms with E-state index < -0.39 is 15.3 Å². The molecule has 154 valence electrons. The first kappa shape index (κ1) is 20.2. The summed E-state index contributed by atoms with van der Waals surface area (Å²) in [5, 5.41) is 13.9. The van der Waals surface area contributed by atoms with Crippen molar-refractivity contribution in [3.8, 4) is 17.3 Å². The van der Waals surface area contributed by atoms with Crippen LogP contribution >= 0.6 is 0 Å². The van der Waals surface area contributed by atoms with E-state index in [1.54, 1.807) is 24.3 Å². The third-order valence-electron chi connectivity index (χ3n) is 5.35. The van der Waals surface area contributed by atoms with Crippen molar-refractivity contribution in [1.82, 2.24) is 14.8 Å². The number of benzene rings is 1. The quantitative estimate of drug-likeness (QED) is 0.582. The molecule has 1 saturated heterocycles. The molecule has 0 radical (unpaired) electrons. The Labute approximate surface area is 175 Å². The molecule has 0 unspecified atom stereocenters. The first-order chi connectivity index (χ1) is 14.1. The lowest BCUT2D eigenvalue weighted by atomic mass is 9.86. The number of hydrogen-bond donors (Lipinski definition) is 0. The standard InChI is InChI=1S/C22H22N4O3S/c1-14(2)26-18-8-17(19(27)9-22(3)12-30(28,29)13-22)11-24-21(18)20(25-26)16-6-4-5-15(7-16)10-23/h4-8,11,14H,9,12-13H2,1-3H3. The van der Waals surface area contributed by atoms with Gasteiger partial charge in [-0.2, -0.15) is 10.4 Å². The first-order valence-electron chi connectivity index (χ1n) is 9.73. The number of pyridine rings is 1. The number of Topliss-reactive ketones (excluding diaryl/α,β-unsaturated/α-hetero) is 1. The number of nitrogens with zero attached hydrogens (tertiary/aromatic N) is 4. The predicted octanol–water partition coefficient (Wildman–Crippen LogP) is 3.56. The SMILES string of the molecule is CC(C)n1nc(-c2cccc(C#N)c2)c2ncc(C(=O)CC3(C)CS(=O)(=O)C3)cc21. The number of carbonyl (C=O) groups excluding carboxylic acids is 1. The maximum absolute atomic E-state index is 12.8. The lowest BCUT2D eigenvalue weighted by Crippen LogP contribution is -2.47. The van der Waals surface area contributed by atoms with E-state index in [0.29, 0.717) is 22.3 Å². The number of sulfone groups is 1. The fourth-order valence-corrected chi connectivity index (χ4v) is 6.35. The van der Waals surface area contributed by atoms with Gasteiger partial charge in [0, 0.05) is 35.2 Å². The number of fused-ring (bicyclic) bond motifs is 1. The van der Waals surface area contributed by atoms with Gasteiger partial charge in [0.25, 0.3) is 0 Å². The average molecular weight is 423 g/mol. The third-order valence-corrected chi connectivity index (χ3v) is 7.62. The first-order valence-corrected chi connectivity index (χ1v) is 11.6. The summed E-state index contributed by atoms with van der Waals surface area (Å²) < 4.78 is 24.9. The van der Waals surface area contributed by atoms with Crippen LogP contribution in [0.15, 0.2) is 36.5 Å². The number of aromatic nitrogens is 3. The van der Waals surface area contributed by atoms with Crippen molar-refractivity contribution in [3.63, 3.8) is 0 Å². The molecule has 0 bridgehead atoms. The molecule has 4 rings (SSSR count). The van der Waals surface area contributed by atoms with Gasteiger partial charge in [0.1, 0.15) is 11.2 Å². The van der Waals surface area contributed by atoms with Gasteiger partial charge in [0.05, 0.1) is 28.7 Å². The van der Waals surface area contributed by atoms with Gasteiger partial charge >= 0.3 is 0 Å². The number of ketones is 1. The monoisotopic (exact) mass is 422 g/mol. The van der Waals surface area contributed by atoms with E-state index in [0.717, 1.165) is 11.1 Å². The second-order valence-corrected chi connectivity index (χ2v) is 10.7. The van der Waals surface area contributed by atoms with Crippen molar-refractivity contribution in [1.29, 1.82) is 5.26 Å². The zero-order valence-electron chi connectivity index (χ0n) is 17.1. The second kappa shape index (κ2) is 7.03. The summed E-state index contributed by atoms with van der Waals surface area (Å²) in [7, 11) is -3.01. The smallest absolute Gasteiger partial charge is 0.165 e. The molecule has 1 aliphatic heterocycles. The molecule has 0 saturated carbocycles. The summed E-state index contributed by atoms with van der Waals surface area (Å²) in [5.74, 6) is -0.0264. The van der Waals surface area contributed by atoms with Crippen LogP contribution in [0.1, 0.15) is 49.2 Å². The van der Waals surface area contributed by atoms with Crippen molar-refractivity contribution in [2.24, 2.45) is 5.41 Å². The summed E-state index contributed by atoms with van der Waals surface area (Å²) in [6.07, 6.45) is 1.71. The van der Waals surface area contributed by atoms with Gasteiger partial charge in [0.15, 0.2) is 15.6 Å². The fraction of sp³-hybridized carbons (Fsp3) is 0.364. The van der Waals surface area contributed by atoms with Gasteiger partial charge in [-0.3, -0.25) is 14.5 Å². The summed E-state index contributed by atoms with van der Waals surface area (Å²) >= 11 is 0. The van der Waals surface area contributed by atoms with Crippen LogP contribution in [0.25, 0.3) is 22.3 Å². The minimum Gasteiger partial charge on any atom is -0.294 e. The Hall–Kier alpha value is -3.05. The fourth-order valence-electron chi connectivity index (χ4n) is 4.11. The van der Waals surface area contributed by atoms with E-state index in [2.05, 4.69) is 11.1 Å². The zero-order valence-corrected chi connectivity index (χ0v) is 17.9. The van der Waals surface area contributed by atoms with Crippen LogP contribution in [-0.2, 0) is 9.84 Å². The number of rotatable bonds is 5. The molecule has 1 aliphatic rings. The van der Waals surface area contributed by atoms with Crippen LogP contribution in [0.3, 0.4) is 0 Å². The number of nitriles is 1. The van der Waals surface area contributed by atoms with Crippen LogP contribution in [0.2, 0.25) is 0 Å². The Morgan fingerprint density at radius 3 is 2.67 bits per heavy atom. The molecule has 1 fully saturated rings. The van der Waals surface area contributed by atoms with Crippen molar-refractivity contribution in [2.75, 3.05) is 11.5 Å². The Balaban J connectivity index is 1.74. The summed E-state index contributed by atoms with van der Waals surface area (Å²) in [4.78, 5) is 17.4. The second-order valence-electron chi connectivity index (χ2n) is 8.61. The largest absolute Gasteiger partial charge is 0.294 e. The predicted molar refractivity (Wildman–Crippen MR) is 114 cm³/mol. The van der Waals surface area contributed by atoms with Crippen LogP contribution < -0.4 is 0 Å². The van der Waals surface area contributed by atoms with Gasteiger partial charge in [-0.05, 0) is 32.0 Å². The average Bonchev–Trinajstić information content (AvgIpc) is 3.05. The third kappa shape index (κ3) is 3.61. The van der Waals surface area contributed by atoms with Gasteiger partial charge in [-0.25, -0.2) is 8.42 Å². The molecule has 2 aromatic heterocycles. The zero-order chi connectivity index (χ0) is 21.7. The van der Waals surface area contributed by atoms with Crippen molar-refractivity contribution in [3.05, 3.63) is 47.7 Å². The topological polar surface area (TPSA) is 106 Å². The maximum atomic E-state index is 12.8. The molecule has 30 heavy (non-hydrogen) atoms. The maximum Gasteiger partial charge on any atom is 0.165 e. The van der Waals surface area contributed by atoms with Crippen LogP contribution in [0, 0.1) is 16.7 Å². The van der Waals surface area contributed by atoms with Gasteiger partial charge in [0.2, 0.25) is 0 Å². The highest BCUT2D eigenvalue weighted by Crippen LogP contribution is 2.37. The highest BCUT2D eigenvalue weighted by molar-refractivity contribution is 7.92. The normalized spacial score (nSPS) is 16.9. The molecule has 3 aromatic rings. The molecule has 0 N–H and O–H groups in total. The van der Waals surface area contributed by atoms with E-state index >= 15 is 0 Å². The number of hydrogen-bond acceptors (Lipinski definition) is 6. The molecule has 0 atom stereocenters. The summed E-state index contributed by atoms with van der Waals surface area (Å²) in [5.41, 5.74) is 3.32. The lowest BCUT2D eigenvalue weighted by Gasteiger charge is -2.37.